The molecule has 0 fully saturated rings. The molecule has 1 N–H and O–H groups in total. The first-order valence-electron chi connectivity index (χ1n) is 6.27. The molecule has 1 atom stereocenters. The number of nitrogens with one attached hydrogen (secondary N) is 1. The lowest BCUT2D eigenvalue weighted by atomic mass is 10.1. The summed E-state index contributed by atoms with van der Waals surface area (Å²) in [5, 5.41) is 11.1. The van der Waals surface area contributed by atoms with Crippen molar-refractivity contribution >= 4 is 11.3 Å². The largest absolute Gasteiger partial charge is 0.302 e. The van der Waals surface area contributed by atoms with Crippen LogP contribution in [0.15, 0.2) is 24.0 Å². The van der Waals surface area contributed by atoms with Crippen molar-refractivity contribution in [2.45, 2.75) is 45.8 Å². The molecular formula is C13H20N4S. The van der Waals surface area contributed by atoms with Crippen molar-refractivity contribution in [1.29, 1.82) is 0 Å². The Morgan fingerprint density at radius 3 is 2.56 bits per heavy atom. The minimum absolute atomic E-state index is 0.137. The molecule has 2 rings (SSSR count). The molecule has 5 heteroatoms. The van der Waals surface area contributed by atoms with E-state index in [0.717, 1.165) is 5.01 Å². The maximum atomic E-state index is 4.42. The third-order valence-corrected chi connectivity index (χ3v) is 3.52. The Labute approximate surface area is 112 Å². The summed E-state index contributed by atoms with van der Waals surface area (Å²) in [7, 11) is 0. The summed E-state index contributed by atoms with van der Waals surface area (Å²) in [6, 6.07) is 0.925. The monoisotopic (exact) mass is 264 g/mol. The van der Waals surface area contributed by atoms with E-state index in [1.54, 1.807) is 11.3 Å². The highest BCUT2D eigenvalue weighted by molar-refractivity contribution is 7.09. The second-order valence-electron chi connectivity index (χ2n) is 4.97. The summed E-state index contributed by atoms with van der Waals surface area (Å²) in [6.45, 7) is 8.55. The normalized spacial score (nSPS) is 13.4. The van der Waals surface area contributed by atoms with Crippen molar-refractivity contribution in [1.82, 2.24) is 20.1 Å². The molecule has 0 bridgehead atoms. The maximum absolute atomic E-state index is 4.42. The molecule has 0 aliphatic rings. The van der Waals surface area contributed by atoms with Crippen LogP contribution in [0.1, 0.15) is 50.3 Å². The highest BCUT2D eigenvalue weighted by Crippen LogP contribution is 2.24. The molecule has 2 aromatic rings. The molecule has 0 saturated heterocycles. The van der Waals surface area contributed by atoms with E-state index >= 15 is 0 Å². The summed E-state index contributed by atoms with van der Waals surface area (Å²) in [5.74, 6) is 0. The fourth-order valence-corrected chi connectivity index (χ4v) is 2.53. The Morgan fingerprint density at radius 1 is 1.28 bits per heavy atom. The molecule has 0 aromatic carbocycles. The van der Waals surface area contributed by atoms with Gasteiger partial charge in [-0.15, -0.1) is 11.3 Å². The number of hydrogen-bond donors (Lipinski definition) is 1. The van der Waals surface area contributed by atoms with Gasteiger partial charge in [0.05, 0.1) is 12.2 Å². The first kappa shape index (κ1) is 13.2. The first-order valence-corrected chi connectivity index (χ1v) is 7.15. The van der Waals surface area contributed by atoms with E-state index in [4.69, 9.17) is 0 Å². The molecule has 2 aromatic heterocycles. The van der Waals surface area contributed by atoms with Crippen LogP contribution in [0.5, 0.6) is 0 Å². The van der Waals surface area contributed by atoms with Gasteiger partial charge in [0, 0.05) is 35.4 Å². The van der Waals surface area contributed by atoms with Crippen molar-refractivity contribution in [3.8, 4) is 0 Å². The number of hydrogen-bond acceptors (Lipinski definition) is 4. The summed E-state index contributed by atoms with van der Waals surface area (Å²) in [5.41, 5.74) is 1.17. The average molecular weight is 264 g/mol. The number of thiazole rings is 1. The Kier molecular flexibility index (Phi) is 4.14. The third kappa shape index (κ3) is 2.97. The standard InChI is InChI=1S/C13H20N4S/c1-9(2)16-12(13-14-5-6-18-13)11-7-15-17(8-11)10(3)4/h5-10,12,16H,1-4H3. The van der Waals surface area contributed by atoms with Gasteiger partial charge >= 0.3 is 0 Å². The average Bonchev–Trinajstić information content (AvgIpc) is 2.97. The minimum atomic E-state index is 0.137. The zero-order valence-corrected chi connectivity index (χ0v) is 12.1. The highest BCUT2D eigenvalue weighted by atomic mass is 32.1. The molecule has 18 heavy (non-hydrogen) atoms. The van der Waals surface area contributed by atoms with Crippen LogP contribution >= 0.6 is 11.3 Å². The molecule has 1 unspecified atom stereocenters. The number of nitrogens with zero attached hydrogens (tertiary/aromatic N) is 3. The maximum Gasteiger partial charge on any atom is 0.114 e. The van der Waals surface area contributed by atoms with Crippen LogP contribution in [0.2, 0.25) is 0 Å². The first-order chi connectivity index (χ1) is 8.58. The Balaban J connectivity index is 2.28. The van der Waals surface area contributed by atoms with E-state index in [9.17, 15) is 0 Å². The Hall–Kier alpha value is -1.20. The molecule has 98 valence electrons. The van der Waals surface area contributed by atoms with Crippen LogP contribution in [-0.4, -0.2) is 20.8 Å². The van der Waals surface area contributed by atoms with Crippen LogP contribution < -0.4 is 5.32 Å². The van der Waals surface area contributed by atoms with Crippen LogP contribution in [0, 0.1) is 0 Å². The predicted octanol–water partition coefficient (Wildman–Crippen LogP) is 3.01. The molecule has 0 amide bonds. The van der Waals surface area contributed by atoms with E-state index in [1.807, 2.05) is 22.5 Å². The summed E-state index contributed by atoms with van der Waals surface area (Å²) in [6.07, 6.45) is 5.88. The van der Waals surface area contributed by atoms with E-state index in [-0.39, 0.29) is 6.04 Å². The lowest BCUT2D eigenvalue weighted by molar-refractivity contribution is 0.518. The van der Waals surface area contributed by atoms with Gasteiger partial charge < -0.3 is 5.32 Å². The fourth-order valence-electron chi connectivity index (χ4n) is 1.80. The van der Waals surface area contributed by atoms with E-state index < -0.39 is 0 Å². The zero-order chi connectivity index (χ0) is 13.1. The van der Waals surface area contributed by atoms with Crippen molar-refractivity contribution in [2.24, 2.45) is 0 Å². The van der Waals surface area contributed by atoms with Crippen molar-refractivity contribution in [2.75, 3.05) is 0 Å². The van der Waals surface area contributed by atoms with Gasteiger partial charge in [0.1, 0.15) is 5.01 Å². The second-order valence-corrected chi connectivity index (χ2v) is 5.90. The highest BCUT2D eigenvalue weighted by Gasteiger charge is 2.19. The summed E-state index contributed by atoms with van der Waals surface area (Å²) < 4.78 is 1.98. The molecule has 0 spiro atoms. The number of rotatable bonds is 5. The predicted molar refractivity (Wildman–Crippen MR) is 74.8 cm³/mol. The zero-order valence-electron chi connectivity index (χ0n) is 11.3. The van der Waals surface area contributed by atoms with E-state index in [2.05, 4.69) is 49.3 Å². The van der Waals surface area contributed by atoms with Gasteiger partial charge in [0.25, 0.3) is 0 Å². The molecular weight excluding hydrogens is 244 g/mol. The number of aromatic nitrogens is 3. The van der Waals surface area contributed by atoms with Gasteiger partial charge in [-0.05, 0) is 27.7 Å². The van der Waals surface area contributed by atoms with Crippen LogP contribution in [0.25, 0.3) is 0 Å². The van der Waals surface area contributed by atoms with Crippen molar-refractivity contribution in [3.05, 3.63) is 34.5 Å². The van der Waals surface area contributed by atoms with E-state index in [1.165, 1.54) is 5.56 Å². The molecule has 0 radical (unpaired) electrons. The smallest absolute Gasteiger partial charge is 0.114 e. The van der Waals surface area contributed by atoms with Gasteiger partial charge in [-0.3, -0.25) is 4.68 Å². The Bertz CT molecular complexity index is 473. The quantitative estimate of drug-likeness (QED) is 0.902. The molecule has 0 aliphatic heterocycles. The van der Waals surface area contributed by atoms with Gasteiger partial charge in [-0.2, -0.15) is 5.10 Å². The Morgan fingerprint density at radius 2 is 2.06 bits per heavy atom. The summed E-state index contributed by atoms with van der Waals surface area (Å²) in [4.78, 5) is 4.42. The summed E-state index contributed by atoms with van der Waals surface area (Å²) >= 11 is 1.67. The lowest BCUT2D eigenvalue weighted by Crippen LogP contribution is -2.28. The second kappa shape index (κ2) is 5.63. The molecule has 0 aliphatic carbocycles. The molecule has 2 heterocycles. The topological polar surface area (TPSA) is 42.7 Å². The van der Waals surface area contributed by atoms with Crippen LogP contribution in [-0.2, 0) is 0 Å². The van der Waals surface area contributed by atoms with Gasteiger partial charge in [-0.1, -0.05) is 0 Å². The van der Waals surface area contributed by atoms with Crippen LogP contribution in [0.4, 0.5) is 0 Å². The van der Waals surface area contributed by atoms with Gasteiger partial charge in [-0.25, -0.2) is 4.98 Å². The van der Waals surface area contributed by atoms with Crippen molar-refractivity contribution in [3.63, 3.8) is 0 Å². The lowest BCUT2D eigenvalue weighted by Gasteiger charge is -2.18. The van der Waals surface area contributed by atoms with E-state index in [0.29, 0.717) is 12.1 Å². The van der Waals surface area contributed by atoms with Gasteiger partial charge in [0.2, 0.25) is 0 Å². The fraction of sp³-hybridized carbons (Fsp3) is 0.538. The molecule has 0 saturated carbocycles. The van der Waals surface area contributed by atoms with Gasteiger partial charge in [0.15, 0.2) is 0 Å². The van der Waals surface area contributed by atoms with Crippen LogP contribution in [0.3, 0.4) is 0 Å². The third-order valence-electron chi connectivity index (χ3n) is 2.68. The van der Waals surface area contributed by atoms with Crippen molar-refractivity contribution < 1.29 is 0 Å². The molecule has 4 nitrogen and oxygen atoms in total. The SMILES string of the molecule is CC(C)NC(c1cnn(C(C)C)c1)c1nccs1. The minimum Gasteiger partial charge on any atom is -0.302 e.